The van der Waals surface area contributed by atoms with Gasteiger partial charge in [0.2, 0.25) is 5.91 Å². The lowest BCUT2D eigenvalue weighted by molar-refractivity contribution is -0.191. The van der Waals surface area contributed by atoms with Crippen molar-refractivity contribution in [1.82, 2.24) is 10.2 Å². The molecule has 6 heteroatoms. The molecule has 1 aliphatic rings. The number of ether oxygens (including phenoxy) is 1. The summed E-state index contributed by atoms with van der Waals surface area (Å²) >= 11 is 3.45. The van der Waals surface area contributed by atoms with Crippen molar-refractivity contribution in [3.8, 4) is 5.75 Å². The molecule has 0 radical (unpaired) electrons. The number of nitrogens with zero attached hydrogens (tertiary/aromatic N) is 1. The third-order valence-corrected chi connectivity index (χ3v) is 7.16. The Hall–Kier alpha value is -2.34. The molecule has 0 spiro atoms. The number of urea groups is 1. The normalized spacial score (nSPS) is 18.1. The number of likely N-dealkylation sites (tertiary alicyclic amines) is 1. The van der Waals surface area contributed by atoms with Gasteiger partial charge in [0, 0.05) is 5.33 Å². The van der Waals surface area contributed by atoms with E-state index in [0.29, 0.717) is 18.6 Å². The highest BCUT2D eigenvalue weighted by Crippen LogP contribution is 2.46. The van der Waals surface area contributed by atoms with Crippen molar-refractivity contribution in [2.24, 2.45) is 5.41 Å². The highest BCUT2D eigenvalue weighted by Gasteiger charge is 2.63. The summed E-state index contributed by atoms with van der Waals surface area (Å²) in [6.45, 7) is 8.08. The molecule has 32 heavy (non-hydrogen) atoms. The Morgan fingerprint density at radius 2 is 1.72 bits per heavy atom. The zero-order chi connectivity index (χ0) is 23.3. The maximum absolute atomic E-state index is 13.3. The van der Waals surface area contributed by atoms with Crippen molar-refractivity contribution in [3.05, 3.63) is 65.2 Å². The summed E-state index contributed by atoms with van der Waals surface area (Å²) in [5, 5.41) is 3.85. The number of rotatable bonds is 9. The number of carbonyl (C=O) groups is 2. The molecule has 0 saturated carbocycles. The summed E-state index contributed by atoms with van der Waals surface area (Å²) in [6, 6.07) is 15.3. The molecule has 1 aliphatic heterocycles. The zero-order valence-electron chi connectivity index (χ0n) is 19.4. The number of nitrogens with one attached hydrogen (secondary N) is 1. The van der Waals surface area contributed by atoms with Crippen LogP contribution in [0.2, 0.25) is 0 Å². The van der Waals surface area contributed by atoms with Crippen LogP contribution in [0.25, 0.3) is 0 Å². The number of benzene rings is 2. The van der Waals surface area contributed by atoms with Gasteiger partial charge in [0.05, 0.1) is 6.04 Å². The number of alkyl halides is 1. The molecule has 2 aromatic rings. The topological polar surface area (TPSA) is 58.6 Å². The lowest BCUT2D eigenvalue weighted by Crippen LogP contribution is -2.73. The summed E-state index contributed by atoms with van der Waals surface area (Å²) in [5.41, 5.74) is 2.66. The second-order valence-corrected chi connectivity index (χ2v) is 9.05. The number of carbonyl (C=O) groups excluding carboxylic acids is 2. The van der Waals surface area contributed by atoms with Crippen molar-refractivity contribution < 1.29 is 14.3 Å². The minimum atomic E-state index is -0.685. The highest BCUT2D eigenvalue weighted by atomic mass is 79.9. The average Bonchev–Trinajstić information content (AvgIpc) is 2.80. The predicted molar refractivity (Wildman–Crippen MR) is 131 cm³/mol. The van der Waals surface area contributed by atoms with Crippen molar-refractivity contribution in [3.63, 3.8) is 0 Å². The first-order valence-electron chi connectivity index (χ1n) is 11.4. The fourth-order valence-electron chi connectivity index (χ4n) is 4.31. The number of hydrogen-bond acceptors (Lipinski definition) is 3. The fourth-order valence-corrected chi connectivity index (χ4v) is 4.69. The maximum atomic E-state index is 13.3. The van der Waals surface area contributed by atoms with E-state index in [0.717, 1.165) is 29.3 Å². The van der Waals surface area contributed by atoms with Crippen molar-refractivity contribution in [2.75, 3.05) is 0 Å². The standard InChI is InChI=1S/C26H33BrN2O3/c1-5-8-22(20-13-9-18(4)10-14-20)28-25(31)29-23(30)26(6-2,7-3)24(29)32-21-15-11-19(17-27)12-16-21/h9-16,22,24H,5-8,17H2,1-4H3,(H,28,31)/t22?,24-/m0/s1. The number of amides is 3. The number of imide groups is 1. The first-order chi connectivity index (χ1) is 15.4. The molecule has 172 valence electrons. The van der Waals surface area contributed by atoms with E-state index in [1.54, 1.807) is 0 Å². The van der Waals surface area contributed by atoms with Crippen LogP contribution in [-0.4, -0.2) is 23.1 Å². The number of aryl methyl sites for hydroxylation is 1. The summed E-state index contributed by atoms with van der Waals surface area (Å²) in [6.07, 6.45) is 2.32. The third kappa shape index (κ3) is 4.70. The van der Waals surface area contributed by atoms with Gasteiger partial charge >= 0.3 is 6.03 Å². The van der Waals surface area contributed by atoms with E-state index in [9.17, 15) is 9.59 Å². The van der Waals surface area contributed by atoms with Gasteiger partial charge in [0.1, 0.15) is 11.2 Å². The molecular weight excluding hydrogens is 468 g/mol. The van der Waals surface area contributed by atoms with Gasteiger partial charge in [-0.1, -0.05) is 85.1 Å². The van der Waals surface area contributed by atoms with Gasteiger partial charge in [-0.3, -0.25) is 4.79 Å². The Morgan fingerprint density at radius 1 is 1.09 bits per heavy atom. The molecule has 0 aliphatic carbocycles. The Balaban J connectivity index is 1.82. The monoisotopic (exact) mass is 500 g/mol. The first-order valence-corrected chi connectivity index (χ1v) is 12.5. The molecule has 1 unspecified atom stereocenters. The molecule has 3 amide bonds. The molecule has 0 bridgehead atoms. The molecule has 1 heterocycles. The van der Waals surface area contributed by atoms with Gasteiger partial charge in [-0.05, 0) is 49.4 Å². The second-order valence-electron chi connectivity index (χ2n) is 8.49. The van der Waals surface area contributed by atoms with Gasteiger partial charge in [0.25, 0.3) is 0 Å². The van der Waals surface area contributed by atoms with Gasteiger partial charge in [-0.2, -0.15) is 0 Å². The van der Waals surface area contributed by atoms with E-state index >= 15 is 0 Å². The maximum Gasteiger partial charge on any atom is 0.327 e. The van der Waals surface area contributed by atoms with Crippen LogP contribution in [-0.2, 0) is 10.1 Å². The number of β-lactam (4-membered cyclic amide) rings is 1. The number of hydrogen-bond donors (Lipinski definition) is 1. The summed E-state index contributed by atoms with van der Waals surface area (Å²) in [4.78, 5) is 27.7. The molecule has 2 atom stereocenters. The van der Waals surface area contributed by atoms with E-state index in [1.165, 1.54) is 10.5 Å². The second kappa shape index (κ2) is 10.5. The Kier molecular flexibility index (Phi) is 7.99. The molecule has 0 aromatic heterocycles. The fraction of sp³-hybridized carbons (Fsp3) is 0.462. The SMILES string of the molecule is CCCC(NC(=O)N1C(=O)C(CC)(CC)[C@@H]1Oc1ccc(CBr)cc1)c1ccc(C)cc1. The van der Waals surface area contributed by atoms with Crippen LogP contribution in [0.5, 0.6) is 5.75 Å². The lowest BCUT2D eigenvalue weighted by atomic mass is 9.72. The van der Waals surface area contributed by atoms with Crippen molar-refractivity contribution >= 4 is 27.9 Å². The smallest absolute Gasteiger partial charge is 0.327 e. The summed E-state index contributed by atoms with van der Waals surface area (Å²) in [5.74, 6) is 0.487. The quantitative estimate of drug-likeness (QED) is 0.316. The van der Waals surface area contributed by atoms with Crippen LogP contribution in [0.4, 0.5) is 4.79 Å². The summed E-state index contributed by atoms with van der Waals surface area (Å²) in [7, 11) is 0. The van der Waals surface area contributed by atoms with Gasteiger partial charge in [0.15, 0.2) is 6.23 Å². The van der Waals surface area contributed by atoms with Crippen LogP contribution < -0.4 is 10.1 Å². The van der Waals surface area contributed by atoms with Crippen molar-refractivity contribution in [1.29, 1.82) is 0 Å². The van der Waals surface area contributed by atoms with Gasteiger partial charge in [-0.25, -0.2) is 9.69 Å². The Bertz CT molecular complexity index is 923. The van der Waals surface area contributed by atoms with E-state index in [2.05, 4.69) is 28.2 Å². The van der Waals surface area contributed by atoms with Crippen molar-refractivity contribution in [2.45, 2.75) is 71.0 Å². The Morgan fingerprint density at radius 3 is 2.25 bits per heavy atom. The molecule has 2 aromatic carbocycles. The summed E-state index contributed by atoms with van der Waals surface area (Å²) < 4.78 is 6.24. The van der Waals surface area contributed by atoms with Crippen LogP contribution in [0, 0.1) is 12.3 Å². The minimum absolute atomic E-state index is 0.155. The van der Waals surface area contributed by atoms with E-state index < -0.39 is 17.7 Å². The number of halogens is 1. The van der Waals surface area contributed by atoms with E-state index in [1.807, 2.05) is 69.3 Å². The molecule has 5 nitrogen and oxygen atoms in total. The molecule has 1 fully saturated rings. The van der Waals surface area contributed by atoms with Gasteiger partial charge < -0.3 is 10.1 Å². The van der Waals surface area contributed by atoms with Crippen LogP contribution in [0.3, 0.4) is 0 Å². The van der Waals surface area contributed by atoms with Crippen LogP contribution >= 0.6 is 15.9 Å². The molecule has 1 N–H and O–H groups in total. The largest absolute Gasteiger partial charge is 0.469 e. The van der Waals surface area contributed by atoms with E-state index in [4.69, 9.17) is 4.74 Å². The minimum Gasteiger partial charge on any atom is -0.469 e. The third-order valence-electron chi connectivity index (χ3n) is 6.51. The highest BCUT2D eigenvalue weighted by molar-refractivity contribution is 9.08. The predicted octanol–water partition coefficient (Wildman–Crippen LogP) is 6.49. The first kappa shape index (κ1) is 24.3. The van der Waals surface area contributed by atoms with E-state index in [-0.39, 0.29) is 11.9 Å². The molecule has 1 saturated heterocycles. The van der Waals surface area contributed by atoms with Crippen LogP contribution in [0.15, 0.2) is 48.5 Å². The van der Waals surface area contributed by atoms with Crippen LogP contribution in [0.1, 0.15) is 69.2 Å². The Labute approximate surface area is 199 Å². The van der Waals surface area contributed by atoms with Gasteiger partial charge in [-0.15, -0.1) is 0 Å². The lowest BCUT2D eigenvalue weighted by Gasteiger charge is -2.53. The average molecular weight is 501 g/mol. The molecular formula is C26H33BrN2O3. The molecule has 3 rings (SSSR count). The zero-order valence-corrected chi connectivity index (χ0v) is 20.9.